The van der Waals surface area contributed by atoms with Crippen LogP contribution in [-0.4, -0.2) is 41.6 Å². The van der Waals surface area contributed by atoms with E-state index >= 15 is 0 Å². The lowest BCUT2D eigenvalue weighted by Gasteiger charge is -2.32. The largest absolute Gasteiger partial charge is 0.393 e. The zero-order chi connectivity index (χ0) is 17.7. The minimum absolute atomic E-state index is 0.157. The fourth-order valence-electron chi connectivity index (χ4n) is 3.65. The zero-order valence-corrected chi connectivity index (χ0v) is 14.8. The fraction of sp³-hybridized carbons (Fsp3) is 0.500. The predicted molar refractivity (Wildman–Crippen MR) is 92.9 cm³/mol. The number of aliphatic hydroxyl groups is 1. The van der Waals surface area contributed by atoms with Crippen LogP contribution in [0.25, 0.3) is 10.8 Å². The lowest BCUT2D eigenvalue weighted by Crippen LogP contribution is -2.47. The quantitative estimate of drug-likeness (QED) is 0.924. The molecule has 2 fully saturated rings. The van der Waals surface area contributed by atoms with Gasteiger partial charge in [0.05, 0.1) is 13.2 Å². The number of aliphatic hydroxyl groups excluding tert-OH is 1. The van der Waals surface area contributed by atoms with Gasteiger partial charge in [0.25, 0.3) is 0 Å². The smallest absolute Gasteiger partial charge is 0.190 e. The fourth-order valence-corrected chi connectivity index (χ4v) is 3.65. The highest BCUT2D eigenvalue weighted by Crippen LogP contribution is 2.43. The summed E-state index contributed by atoms with van der Waals surface area (Å²) in [6.07, 6.45) is -1.28. The molecule has 4 rings (SSSR count). The van der Waals surface area contributed by atoms with Gasteiger partial charge in [0.2, 0.25) is 0 Å². The van der Waals surface area contributed by atoms with Crippen LogP contribution in [0.5, 0.6) is 0 Å². The number of fused-ring (bicyclic) bond motifs is 2. The van der Waals surface area contributed by atoms with Gasteiger partial charge in [0, 0.05) is 0 Å². The highest BCUT2D eigenvalue weighted by molar-refractivity contribution is 5.82. The maximum absolute atomic E-state index is 9.80. The summed E-state index contributed by atoms with van der Waals surface area (Å²) >= 11 is 0. The van der Waals surface area contributed by atoms with Crippen LogP contribution < -0.4 is 0 Å². The van der Waals surface area contributed by atoms with E-state index in [1.807, 2.05) is 32.9 Å². The van der Waals surface area contributed by atoms with E-state index in [0.717, 1.165) is 5.56 Å². The van der Waals surface area contributed by atoms with Crippen molar-refractivity contribution in [2.45, 2.75) is 57.3 Å². The number of benzene rings is 2. The Balaban J connectivity index is 1.53. The van der Waals surface area contributed by atoms with E-state index in [1.165, 1.54) is 10.8 Å². The van der Waals surface area contributed by atoms with E-state index in [0.29, 0.717) is 6.61 Å². The van der Waals surface area contributed by atoms with Gasteiger partial charge in [-0.25, -0.2) is 0 Å². The molecule has 5 nitrogen and oxygen atoms in total. The molecule has 25 heavy (non-hydrogen) atoms. The van der Waals surface area contributed by atoms with Gasteiger partial charge in [-0.2, -0.15) is 0 Å². The van der Waals surface area contributed by atoms with E-state index in [4.69, 9.17) is 18.9 Å². The van der Waals surface area contributed by atoms with Crippen LogP contribution in [0.15, 0.2) is 42.5 Å². The molecule has 134 valence electrons. The molecule has 0 aromatic heterocycles. The van der Waals surface area contributed by atoms with Crippen molar-refractivity contribution in [2.75, 3.05) is 6.61 Å². The third-order valence-corrected chi connectivity index (χ3v) is 4.93. The Morgan fingerprint density at radius 1 is 1.00 bits per heavy atom. The number of hydrogen-bond acceptors (Lipinski definition) is 5. The number of hydrogen-bond donors (Lipinski definition) is 1. The molecule has 4 atom stereocenters. The van der Waals surface area contributed by atoms with Crippen molar-refractivity contribution in [1.82, 2.24) is 0 Å². The monoisotopic (exact) mass is 344 g/mol. The van der Waals surface area contributed by atoms with Crippen LogP contribution in [-0.2, 0) is 25.6 Å². The second-order valence-corrected chi connectivity index (χ2v) is 7.47. The van der Waals surface area contributed by atoms with Crippen molar-refractivity contribution < 1.29 is 24.1 Å². The van der Waals surface area contributed by atoms with Crippen LogP contribution in [0.3, 0.4) is 0 Å². The van der Waals surface area contributed by atoms with Crippen LogP contribution in [0, 0.1) is 0 Å². The Bertz CT molecular complexity index is 774. The summed E-state index contributed by atoms with van der Waals surface area (Å²) in [7, 11) is 0. The van der Waals surface area contributed by atoms with Crippen LogP contribution in [0.2, 0.25) is 0 Å². The minimum atomic E-state index is -0.845. The summed E-state index contributed by atoms with van der Waals surface area (Å²) < 4.78 is 23.8. The first kappa shape index (κ1) is 16.9. The first-order chi connectivity index (χ1) is 11.9. The second-order valence-electron chi connectivity index (χ2n) is 7.47. The molecule has 1 N–H and O–H groups in total. The van der Waals surface area contributed by atoms with Gasteiger partial charge in [-0.05, 0) is 43.2 Å². The lowest BCUT2D eigenvalue weighted by molar-refractivity contribution is -0.247. The maximum Gasteiger partial charge on any atom is 0.190 e. The van der Waals surface area contributed by atoms with Gasteiger partial charge in [-0.1, -0.05) is 36.4 Å². The molecule has 0 saturated carbocycles. The topological polar surface area (TPSA) is 57.2 Å². The average Bonchev–Trinajstić information content (AvgIpc) is 3.01. The lowest BCUT2D eigenvalue weighted by atomic mass is 9.98. The first-order valence-electron chi connectivity index (χ1n) is 8.64. The van der Waals surface area contributed by atoms with Crippen molar-refractivity contribution in [3.8, 4) is 0 Å². The molecular formula is C20H24O5. The maximum atomic E-state index is 9.80. The highest BCUT2D eigenvalue weighted by atomic mass is 16.8. The normalized spacial score (nSPS) is 33.7. The molecule has 0 amide bonds. The van der Waals surface area contributed by atoms with E-state index in [-0.39, 0.29) is 12.7 Å². The summed E-state index contributed by atoms with van der Waals surface area (Å²) in [6, 6.07) is 14.5. The van der Waals surface area contributed by atoms with Crippen molar-refractivity contribution in [3.63, 3.8) is 0 Å². The highest BCUT2D eigenvalue weighted by Gasteiger charge is 2.60. The first-order valence-corrected chi connectivity index (χ1v) is 8.64. The Morgan fingerprint density at radius 3 is 2.52 bits per heavy atom. The molecule has 5 heteroatoms. The van der Waals surface area contributed by atoms with E-state index < -0.39 is 23.8 Å². The molecule has 0 bridgehead atoms. The standard InChI is InChI=1S/C20H24O5/c1-19(2)23-16-17(20(3,12-21)25-18(16)24-19)22-11-13-8-9-14-6-4-5-7-15(14)10-13/h4-10,16-18,21H,11-12H2,1-3H3/t16-,17+,18+,20+/m1/s1. The van der Waals surface area contributed by atoms with Crippen molar-refractivity contribution in [3.05, 3.63) is 48.0 Å². The SMILES string of the molecule is CC1(C)O[C@H]2O[C@@](C)(CO)[C@@H](OCc3ccc4ccccc4c3)[C@H]2O1. The van der Waals surface area contributed by atoms with Crippen molar-refractivity contribution in [2.24, 2.45) is 0 Å². The van der Waals surface area contributed by atoms with Gasteiger partial charge in [-0.15, -0.1) is 0 Å². The molecular weight excluding hydrogens is 320 g/mol. The van der Waals surface area contributed by atoms with E-state index in [2.05, 4.69) is 30.3 Å². The minimum Gasteiger partial charge on any atom is -0.393 e. The molecule has 2 aliphatic heterocycles. The molecule has 2 saturated heterocycles. The van der Waals surface area contributed by atoms with E-state index in [1.54, 1.807) is 0 Å². The molecule has 0 aliphatic carbocycles. The molecule has 0 unspecified atom stereocenters. The van der Waals surface area contributed by atoms with Gasteiger partial charge in [0.1, 0.15) is 17.8 Å². The van der Waals surface area contributed by atoms with Gasteiger partial charge < -0.3 is 24.1 Å². The Labute approximate surface area is 147 Å². The molecule has 2 aliphatic rings. The Morgan fingerprint density at radius 2 is 1.76 bits per heavy atom. The molecule has 2 aromatic rings. The summed E-state index contributed by atoms with van der Waals surface area (Å²) in [5.74, 6) is -0.712. The number of rotatable bonds is 4. The predicted octanol–water partition coefficient (Wildman–Crippen LogP) is 2.98. The zero-order valence-electron chi connectivity index (χ0n) is 14.8. The summed E-state index contributed by atoms with van der Waals surface area (Å²) in [6.45, 7) is 5.80. The molecule has 2 aromatic carbocycles. The van der Waals surface area contributed by atoms with Crippen LogP contribution in [0.4, 0.5) is 0 Å². The second kappa shape index (κ2) is 6.04. The van der Waals surface area contributed by atoms with Gasteiger partial charge in [-0.3, -0.25) is 0 Å². The molecule has 0 radical (unpaired) electrons. The summed E-state index contributed by atoms with van der Waals surface area (Å²) in [5.41, 5.74) is 0.225. The Kier molecular flexibility index (Phi) is 4.09. The van der Waals surface area contributed by atoms with Crippen molar-refractivity contribution in [1.29, 1.82) is 0 Å². The molecule has 0 spiro atoms. The summed E-state index contributed by atoms with van der Waals surface area (Å²) in [4.78, 5) is 0. The summed E-state index contributed by atoms with van der Waals surface area (Å²) in [5, 5.41) is 12.2. The average molecular weight is 344 g/mol. The third kappa shape index (κ3) is 3.07. The van der Waals surface area contributed by atoms with Crippen LogP contribution in [0.1, 0.15) is 26.3 Å². The van der Waals surface area contributed by atoms with Crippen molar-refractivity contribution >= 4 is 10.8 Å². The van der Waals surface area contributed by atoms with E-state index in [9.17, 15) is 5.11 Å². The third-order valence-electron chi connectivity index (χ3n) is 4.93. The number of ether oxygens (including phenoxy) is 4. The van der Waals surface area contributed by atoms with Gasteiger partial charge in [0.15, 0.2) is 12.1 Å². The Hall–Kier alpha value is -1.50. The molecule has 2 heterocycles. The van der Waals surface area contributed by atoms with Crippen LogP contribution >= 0.6 is 0 Å². The van der Waals surface area contributed by atoms with Gasteiger partial charge >= 0.3 is 0 Å².